The van der Waals surface area contributed by atoms with Gasteiger partial charge in [-0.3, -0.25) is 5.32 Å². The zero-order valence-electron chi connectivity index (χ0n) is 11.9. The Labute approximate surface area is 112 Å². The highest BCUT2D eigenvalue weighted by Gasteiger charge is 2.41. The molecule has 1 N–H and O–H groups in total. The fraction of sp³-hybridized carbons (Fsp3) is 0.500. The second-order valence-corrected chi connectivity index (χ2v) is 4.73. The minimum absolute atomic E-state index is 0.0339. The van der Waals surface area contributed by atoms with Gasteiger partial charge in [-0.2, -0.15) is 0 Å². The molecule has 0 bridgehead atoms. The highest BCUT2D eigenvalue weighted by atomic mass is 19.1. The summed E-state index contributed by atoms with van der Waals surface area (Å²) in [7, 11) is 2.71. The second kappa shape index (κ2) is 6.02. The minimum Gasteiger partial charge on any atom is -0.496 e. The Morgan fingerprint density at radius 1 is 1.37 bits per heavy atom. The molecular formula is C14H20FNO3. The predicted octanol–water partition coefficient (Wildman–Crippen LogP) is 2.22. The van der Waals surface area contributed by atoms with E-state index in [1.807, 2.05) is 13.8 Å². The molecule has 106 valence electrons. The number of halogens is 1. The zero-order chi connectivity index (χ0) is 14.6. The van der Waals surface area contributed by atoms with Gasteiger partial charge in [0.15, 0.2) is 0 Å². The maximum absolute atomic E-state index is 14.2. The van der Waals surface area contributed by atoms with E-state index in [9.17, 15) is 9.18 Å². The first-order valence-corrected chi connectivity index (χ1v) is 6.06. The average Bonchev–Trinajstić information content (AvgIpc) is 2.36. The fourth-order valence-electron chi connectivity index (χ4n) is 2.17. The summed E-state index contributed by atoms with van der Waals surface area (Å²) in [5.74, 6) is -0.772. The molecule has 1 unspecified atom stereocenters. The molecule has 0 aliphatic rings. The van der Waals surface area contributed by atoms with Crippen molar-refractivity contribution >= 4 is 5.97 Å². The molecule has 0 aromatic heterocycles. The largest absolute Gasteiger partial charge is 0.496 e. The standard InChI is InChI=1S/C14H20FNO3/c1-9(2)16-14(3,13(17)19-5)12-10(15)7-6-8-11(12)18-4/h6-9,16H,1-5H3. The van der Waals surface area contributed by atoms with Gasteiger partial charge in [0.2, 0.25) is 0 Å². The maximum atomic E-state index is 14.2. The Morgan fingerprint density at radius 2 is 2.00 bits per heavy atom. The van der Waals surface area contributed by atoms with Gasteiger partial charge in [-0.05, 0) is 32.9 Å². The zero-order valence-corrected chi connectivity index (χ0v) is 11.9. The molecule has 0 fully saturated rings. The van der Waals surface area contributed by atoms with E-state index >= 15 is 0 Å². The third-order valence-electron chi connectivity index (χ3n) is 2.87. The summed E-state index contributed by atoms with van der Waals surface area (Å²) in [6, 6.07) is 4.40. The van der Waals surface area contributed by atoms with E-state index in [4.69, 9.17) is 9.47 Å². The van der Waals surface area contributed by atoms with Crippen molar-refractivity contribution in [3.8, 4) is 5.75 Å². The van der Waals surface area contributed by atoms with Crippen molar-refractivity contribution < 1.29 is 18.7 Å². The van der Waals surface area contributed by atoms with Gasteiger partial charge in [0.05, 0.1) is 19.8 Å². The molecule has 0 saturated heterocycles. The van der Waals surface area contributed by atoms with Gasteiger partial charge in [-0.25, -0.2) is 9.18 Å². The lowest BCUT2D eigenvalue weighted by molar-refractivity contribution is -0.148. The van der Waals surface area contributed by atoms with Crippen LogP contribution in [0.2, 0.25) is 0 Å². The molecule has 0 heterocycles. The van der Waals surface area contributed by atoms with E-state index in [1.54, 1.807) is 13.0 Å². The van der Waals surface area contributed by atoms with E-state index in [-0.39, 0.29) is 11.6 Å². The monoisotopic (exact) mass is 269 g/mol. The number of hydrogen-bond acceptors (Lipinski definition) is 4. The Balaban J connectivity index is 3.44. The summed E-state index contributed by atoms with van der Waals surface area (Å²) in [5.41, 5.74) is -1.15. The van der Waals surface area contributed by atoms with Gasteiger partial charge in [-0.1, -0.05) is 6.07 Å². The number of carbonyl (C=O) groups excluding carboxylic acids is 1. The Morgan fingerprint density at radius 3 is 2.47 bits per heavy atom. The van der Waals surface area contributed by atoms with Crippen molar-refractivity contribution in [2.45, 2.75) is 32.4 Å². The Kier molecular flexibility index (Phi) is 4.89. The summed E-state index contributed by atoms with van der Waals surface area (Å²) in [4.78, 5) is 12.1. The second-order valence-electron chi connectivity index (χ2n) is 4.73. The molecule has 19 heavy (non-hydrogen) atoms. The molecule has 4 nitrogen and oxygen atoms in total. The summed E-state index contributed by atoms with van der Waals surface area (Å²) in [5, 5.41) is 3.04. The summed E-state index contributed by atoms with van der Waals surface area (Å²) in [6.45, 7) is 5.32. The highest BCUT2D eigenvalue weighted by molar-refractivity contribution is 5.83. The van der Waals surface area contributed by atoms with Crippen LogP contribution < -0.4 is 10.1 Å². The first-order chi connectivity index (χ1) is 8.86. The van der Waals surface area contributed by atoms with Crippen molar-refractivity contribution in [1.82, 2.24) is 5.32 Å². The van der Waals surface area contributed by atoms with E-state index < -0.39 is 17.3 Å². The quantitative estimate of drug-likeness (QED) is 0.833. The topological polar surface area (TPSA) is 47.6 Å². The summed E-state index contributed by atoms with van der Waals surface area (Å²) < 4.78 is 24.1. The lowest BCUT2D eigenvalue weighted by Crippen LogP contribution is -2.51. The first-order valence-electron chi connectivity index (χ1n) is 6.06. The minimum atomic E-state index is -1.31. The molecule has 1 aromatic rings. The molecule has 0 aliphatic heterocycles. The van der Waals surface area contributed by atoms with Crippen molar-refractivity contribution in [1.29, 1.82) is 0 Å². The molecular weight excluding hydrogens is 249 g/mol. The fourth-order valence-corrected chi connectivity index (χ4v) is 2.17. The van der Waals surface area contributed by atoms with Crippen molar-refractivity contribution in [3.63, 3.8) is 0 Å². The van der Waals surface area contributed by atoms with Crippen LogP contribution in [-0.2, 0) is 15.1 Å². The number of carbonyl (C=O) groups is 1. The summed E-state index contributed by atoms with van der Waals surface area (Å²) in [6.07, 6.45) is 0. The van der Waals surface area contributed by atoms with Gasteiger partial charge >= 0.3 is 5.97 Å². The average molecular weight is 269 g/mol. The van der Waals surface area contributed by atoms with Crippen LogP contribution in [-0.4, -0.2) is 26.2 Å². The van der Waals surface area contributed by atoms with Crippen LogP contribution in [0.1, 0.15) is 26.3 Å². The van der Waals surface area contributed by atoms with Gasteiger partial charge in [-0.15, -0.1) is 0 Å². The number of benzene rings is 1. The molecule has 0 radical (unpaired) electrons. The molecule has 5 heteroatoms. The maximum Gasteiger partial charge on any atom is 0.330 e. The Bertz CT molecular complexity index is 462. The third-order valence-corrected chi connectivity index (χ3v) is 2.87. The molecule has 0 saturated carbocycles. The van der Waals surface area contributed by atoms with E-state index in [0.29, 0.717) is 5.75 Å². The van der Waals surface area contributed by atoms with Crippen LogP contribution in [0.4, 0.5) is 4.39 Å². The molecule has 0 spiro atoms. The SMILES string of the molecule is COC(=O)C(C)(NC(C)C)c1c(F)cccc1OC. The third kappa shape index (κ3) is 3.04. The van der Waals surface area contributed by atoms with Crippen LogP contribution in [0, 0.1) is 5.82 Å². The number of methoxy groups -OCH3 is 2. The first kappa shape index (κ1) is 15.4. The van der Waals surface area contributed by atoms with Gasteiger partial charge in [0.25, 0.3) is 0 Å². The molecule has 1 aromatic carbocycles. The number of rotatable bonds is 5. The van der Waals surface area contributed by atoms with Crippen LogP contribution in [0.15, 0.2) is 18.2 Å². The lowest BCUT2D eigenvalue weighted by atomic mass is 9.89. The van der Waals surface area contributed by atoms with E-state index in [1.165, 1.54) is 26.4 Å². The smallest absolute Gasteiger partial charge is 0.330 e. The van der Waals surface area contributed by atoms with Gasteiger partial charge in [0.1, 0.15) is 17.1 Å². The van der Waals surface area contributed by atoms with Crippen molar-refractivity contribution in [2.24, 2.45) is 0 Å². The van der Waals surface area contributed by atoms with Crippen LogP contribution in [0.5, 0.6) is 5.75 Å². The van der Waals surface area contributed by atoms with Crippen LogP contribution in [0.25, 0.3) is 0 Å². The van der Waals surface area contributed by atoms with Crippen molar-refractivity contribution in [2.75, 3.05) is 14.2 Å². The van der Waals surface area contributed by atoms with Crippen molar-refractivity contribution in [3.05, 3.63) is 29.6 Å². The molecule has 0 aliphatic carbocycles. The molecule has 0 amide bonds. The number of ether oxygens (including phenoxy) is 2. The predicted molar refractivity (Wildman–Crippen MR) is 70.6 cm³/mol. The number of esters is 1. The highest BCUT2D eigenvalue weighted by Crippen LogP contribution is 2.33. The molecule has 1 atom stereocenters. The summed E-state index contributed by atoms with van der Waals surface area (Å²) >= 11 is 0. The molecule has 1 rings (SSSR count). The van der Waals surface area contributed by atoms with E-state index in [2.05, 4.69) is 5.32 Å². The Hall–Kier alpha value is -1.62. The van der Waals surface area contributed by atoms with Gasteiger partial charge in [0, 0.05) is 6.04 Å². The number of hydrogen-bond donors (Lipinski definition) is 1. The lowest BCUT2D eigenvalue weighted by Gasteiger charge is -2.32. The van der Waals surface area contributed by atoms with Crippen LogP contribution in [0.3, 0.4) is 0 Å². The van der Waals surface area contributed by atoms with Gasteiger partial charge < -0.3 is 9.47 Å². The number of nitrogens with one attached hydrogen (secondary N) is 1. The van der Waals surface area contributed by atoms with E-state index in [0.717, 1.165) is 0 Å². The normalized spacial score (nSPS) is 14.1. The van der Waals surface area contributed by atoms with Crippen LogP contribution >= 0.6 is 0 Å².